The van der Waals surface area contributed by atoms with Crippen molar-refractivity contribution in [2.75, 3.05) is 112 Å². The summed E-state index contributed by atoms with van der Waals surface area (Å²) >= 11 is 0. The second kappa shape index (κ2) is 30.3. The molecule has 0 aromatic heterocycles. The number of rotatable bonds is 31. The van der Waals surface area contributed by atoms with Crippen molar-refractivity contribution in [3.05, 3.63) is 35.9 Å². The second-order valence-corrected chi connectivity index (χ2v) is 8.82. The third kappa shape index (κ3) is 25.3. The number of unbranched alkanes of at least 4 members (excludes halogenated alkanes) is 4. The van der Waals surface area contributed by atoms with Crippen LogP contribution in [0.25, 0.3) is 0 Å². The van der Waals surface area contributed by atoms with E-state index in [4.69, 9.17) is 42.6 Å². The van der Waals surface area contributed by atoms with Crippen molar-refractivity contribution in [2.24, 2.45) is 0 Å². The average molecular weight is 573 g/mol. The first kappa shape index (κ1) is 36.4. The lowest BCUT2D eigenvalue weighted by molar-refractivity contribution is -0.0244. The van der Waals surface area contributed by atoms with Crippen LogP contribution in [-0.4, -0.2) is 118 Å². The van der Waals surface area contributed by atoms with Crippen LogP contribution in [-0.2, 0) is 42.6 Å². The van der Waals surface area contributed by atoms with Gasteiger partial charge in [0.1, 0.15) is 6.61 Å². The fraction of sp³-hybridized carbons (Fsp3) is 0.767. The summed E-state index contributed by atoms with van der Waals surface area (Å²) < 4.78 is 48.9. The van der Waals surface area contributed by atoms with Gasteiger partial charge in [0.05, 0.1) is 105 Å². The van der Waals surface area contributed by atoms with Crippen LogP contribution in [0.15, 0.2) is 30.3 Å². The Morgan fingerprint density at radius 2 is 0.800 bits per heavy atom. The molecule has 0 spiro atoms. The van der Waals surface area contributed by atoms with Crippen LogP contribution in [0.5, 0.6) is 0 Å². The van der Waals surface area contributed by atoms with Gasteiger partial charge in [-0.15, -0.1) is 0 Å². The van der Waals surface area contributed by atoms with Crippen molar-refractivity contribution in [3.8, 4) is 0 Å². The molecule has 40 heavy (non-hydrogen) atoms. The molecule has 0 heterocycles. The summed E-state index contributed by atoms with van der Waals surface area (Å²) in [7, 11) is 0. The van der Waals surface area contributed by atoms with Crippen LogP contribution in [0, 0.1) is 0 Å². The molecule has 0 amide bonds. The summed E-state index contributed by atoms with van der Waals surface area (Å²) in [6.07, 6.45) is 6.27. The van der Waals surface area contributed by atoms with Gasteiger partial charge in [0.15, 0.2) is 0 Å². The summed E-state index contributed by atoms with van der Waals surface area (Å²) in [6.45, 7) is 10.9. The summed E-state index contributed by atoms with van der Waals surface area (Å²) in [5, 5.41) is 0. The van der Waals surface area contributed by atoms with Crippen molar-refractivity contribution in [3.63, 3.8) is 0 Å². The van der Waals surface area contributed by atoms with Gasteiger partial charge < -0.3 is 42.6 Å². The number of hydrogen-bond donors (Lipinski definition) is 0. The van der Waals surface area contributed by atoms with Crippen LogP contribution >= 0.6 is 0 Å². The molecule has 0 N–H and O–H groups in total. The molecule has 1 aromatic carbocycles. The number of ether oxygens (including phenoxy) is 9. The maximum atomic E-state index is 11.8. The predicted octanol–water partition coefficient (Wildman–Crippen LogP) is 3.95. The molecule has 0 atom stereocenters. The zero-order chi connectivity index (χ0) is 28.6. The molecule has 0 bridgehead atoms. The lowest BCUT2D eigenvalue weighted by atomic mass is 10.2. The molecule has 0 unspecified atom stereocenters. The van der Waals surface area contributed by atoms with Crippen molar-refractivity contribution in [1.29, 1.82) is 0 Å². The van der Waals surface area contributed by atoms with E-state index in [9.17, 15) is 4.79 Å². The van der Waals surface area contributed by atoms with Gasteiger partial charge in [0, 0.05) is 6.61 Å². The van der Waals surface area contributed by atoms with E-state index in [-0.39, 0.29) is 12.6 Å². The first-order valence-corrected chi connectivity index (χ1v) is 14.7. The number of carbonyl (C=O) groups is 1. The van der Waals surface area contributed by atoms with E-state index in [1.165, 1.54) is 25.7 Å². The molecule has 1 rings (SSSR count). The molecule has 0 fully saturated rings. The van der Waals surface area contributed by atoms with Gasteiger partial charge in [-0.2, -0.15) is 0 Å². The maximum absolute atomic E-state index is 11.8. The molecule has 232 valence electrons. The molecule has 10 heteroatoms. The Hall–Kier alpha value is -1.63. The third-order valence-electron chi connectivity index (χ3n) is 5.47. The van der Waals surface area contributed by atoms with Gasteiger partial charge >= 0.3 is 5.97 Å². The van der Waals surface area contributed by atoms with E-state index in [0.717, 1.165) is 13.0 Å². The Labute approximate surface area is 240 Å². The number of carbonyl (C=O) groups excluding carboxylic acids is 1. The average Bonchev–Trinajstić information content (AvgIpc) is 2.98. The first-order chi connectivity index (χ1) is 19.8. The Balaban J connectivity index is 1.65. The van der Waals surface area contributed by atoms with Gasteiger partial charge in [-0.3, -0.25) is 0 Å². The van der Waals surface area contributed by atoms with Crippen molar-refractivity contribution < 1.29 is 47.4 Å². The molecule has 0 saturated carbocycles. The lowest BCUT2D eigenvalue weighted by Crippen LogP contribution is -2.15. The molecule has 0 aliphatic rings. The van der Waals surface area contributed by atoms with Gasteiger partial charge in [0.25, 0.3) is 0 Å². The van der Waals surface area contributed by atoms with E-state index >= 15 is 0 Å². The monoisotopic (exact) mass is 572 g/mol. The van der Waals surface area contributed by atoms with Crippen LogP contribution in [0.3, 0.4) is 0 Å². The minimum atomic E-state index is -0.350. The lowest BCUT2D eigenvalue weighted by Gasteiger charge is -2.09. The molecule has 0 aliphatic heterocycles. The standard InChI is InChI=1S/C30H52O10/c1-2-3-4-5-9-12-32-13-14-33-15-16-34-17-18-35-19-20-36-21-22-37-23-24-38-25-26-39-27-28-40-30(31)29-10-7-6-8-11-29/h6-8,10-11H,2-5,9,12-28H2,1H3. The largest absolute Gasteiger partial charge is 0.460 e. The topological polar surface area (TPSA) is 100 Å². The van der Waals surface area contributed by atoms with Gasteiger partial charge in [-0.25, -0.2) is 4.79 Å². The second-order valence-electron chi connectivity index (χ2n) is 8.82. The van der Waals surface area contributed by atoms with E-state index in [0.29, 0.717) is 105 Å². The minimum absolute atomic E-state index is 0.209. The zero-order valence-corrected chi connectivity index (χ0v) is 24.5. The molecule has 10 nitrogen and oxygen atoms in total. The van der Waals surface area contributed by atoms with Crippen molar-refractivity contribution in [1.82, 2.24) is 0 Å². The molecule has 0 saturated heterocycles. The van der Waals surface area contributed by atoms with E-state index in [2.05, 4.69) is 6.92 Å². The Bertz CT molecular complexity index is 647. The predicted molar refractivity (Wildman–Crippen MR) is 152 cm³/mol. The Kier molecular flexibility index (Phi) is 27.6. The smallest absolute Gasteiger partial charge is 0.338 e. The van der Waals surface area contributed by atoms with Gasteiger partial charge in [-0.05, 0) is 18.6 Å². The minimum Gasteiger partial charge on any atom is -0.460 e. The highest BCUT2D eigenvalue weighted by Crippen LogP contribution is 2.02. The number of esters is 1. The van der Waals surface area contributed by atoms with Gasteiger partial charge in [0.2, 0.25) is 0 Å². The zero-order valence-electron chi connectivity index (χ0n) is 24.5. The van der Waals surface area contributed by atoms with Gasteiger partial charge in [-0.1, -0.05) is 50.8 Å². The van der Waals surface area contributed by atoms with Crippen molar-refractivity contribution in [2.45, 2.75) is 39.0 Å². The van der Waals surface area contributed by atoms with E-state index < -0.39 is 0 Å². The SMILES string of the molecule is CCCCCCCOCCOCCOCCOCCOCCOCCOCCOCCOC(=O)c1ccccc1. The normalized spacial score (nSPS) is 11.2. The highest BCUT2D eigenvalue weighted by Gasteiger charge is 2.05. The Morgan fingerprint density at radius 3 is 1.20 bits per heavy atom. The fourth-order valence-electron chi connectivity index (χ4n) is 3.30. The molecule has 0 aliphatic carbocycles. The van der Waals surface area contributed by atoms with Crippen molar-refractivity contribution >= 4 is 5.97 Å². The molecular formula is C30H52O10. The van der Waals surface area contributed by atoms with E-state index in [1.54, 1.807) is 24.3 Å². The van der Waals surface area contributed by atoms with Crippen LogP contribution < -0.4 is 0 Å². The number of benzene rings is 1. The van der Waals surface area contributed by atoms with Crippen LogP contribution in [0.1, 0.15) is 49.4 Å². The Morgan fingerprint density at radius 1 is 0.450 bits per heavy atom. The highest BCUT2D eigenvalue weighted by atomic mass is 16.6. The first-order valence-electron chi connectivity index (χ1n) is 14.7. The molecule has 1 aromatic rings. The summed E-state index contributed by atoms with van der Waals surface area (Å²) in [4.78, 5) is 11.8. The third-order valence-corrected chi connectivity index (χ3v) is 5.47. The molecular weight excluding hydrogens is 520 g/mol. The van der Waals surface area contributed by atoms with Crippen LogP contribution in [0.2, 0.25) is 0 Å². The summed E-state index contributed by atoms with van der Waals surface area (Å²) in [5.41, 5.74) is 0.531. The molecule has 0 radical (unpaired) electrons. The quantitative estimate of drug-likeness (QED) is 0.0961. The number of hydrogen-bond acceptors (Lipinski definition) is 10. The summed E-state index contributed by atoms with van der Waals surface area (Å²) in [5.74, 6) is -0.350. The summed E-state index contributed by atoms with van der Waals surface area (Å²) in [6, 6.07) is 8.87. The van der Waals surface area contributed by atoms with E-state index in [1.807, 2.05) is 6.07 Å². The van der Waals surface area contributed by atoms with Crippen LogP contribution in [0.4, 0.5) is 0 Å². The maximum Gasteiger partial charge on any atom is 0.338 e. The fourth-order valence-corrected chi connectivity index (χ4v) is 3.30. The highest BCUT2D eigenvalue weighted by molar-refractivity contribution is 5.89.